The summed E-state index contributed by atoms with van der Waals surface area (Å²) in [4.78, 5) is 21.9. The van der Waals surface area contributed by atoms with Gasteiger partial charge in [0, 0.05) is 0 Å². The predicted octanol–water partition coefficient (Wildman–Crippen LogP) is -4.19. The third kappa shape index (κ3) is 13.4. The van der Waals surface area contributed by atoms with Crippen molar-refractivity contribution in [1.82, 2.24) is 0 Å². The minimum atomic E-state index is -5.32. The third-order valence-corrected chi connectivity index (χ3v) is 5.69. The molecule has 0 spiro atoms. The van der Waals surface area contributed by atoms with Gasteiger partial charge < -0.3 is 19.6 Å². The molecule has 0 aromatic heterocycles. The van der Waals surface area contributed by atoms with E-state index in [2.05, 4.69) is 6.92 Å². The number of aliphatic carboxylic acids is 2. The first-order valence-electron chi connectivity index (χ1n) is 8.56. The van der Waals surface area contributed by atoms with E-state index >= 15 is 0 Å². The molecule has 0 saturated carbocycles. The van der Waals surface area contributed by atoms with Gasteiger partial charge in [-0.2, -0.15) is 0 Å². The van der Waals surface area contributed by atoms with Gasteiger partial charge in [0.15, 0.2) is 0 Å². The summed E-state index contributed by atoms with van der Waals surface area (Å²) in [6.07, 6.45) is 7.71. The fraction of sp³-hybridized carbons (Fsp3) is 0.875. The first kappa shape index (κ1) is 32.8. The van der Waals surface area contributed by atoms with Crippen LogP contribution in [-0.2, 0) is 19.7 Å². The van der Waals surface area contributed by atoms with E-state index in [0.29, 0.717) is 6.42 Å². The van der Waals surface area contributed by atoms with Crippen molar-refractivity contribution in [2.75, 3.05) is 0 Å². The van der Waals surface area contributed by atoms with Gasteiger partial charge in [0.2, 0.25) is 0 Å². The largest absolute Gasteiger partial charge is 1.00 e. The molecule has 0 heterocycles. The maximum absolute atomic E-state index is 11.3. The number of carboxylic acids is 2. The smallest absolute Gasteiger partial charge is 0.747 e. The van der Waals surface area contributed by atoms with Crippen molar-refractivity contribution in [3.63, 3.8) is 0 Å². The van der Waals surface area contributed by atoms with E-state index in [4.69, 9.17) is 5.11 Å². The van der Waals surface area contributed by atoms with Crippen LogP contribution in [0.4, 0.5) is 0 Å². The minimum Gasteiger partial charge on any atom is -0.747 e. The topological polar surface area (TPSA) is 135 Å². The molecule has 0 saturated heterocycles. The summed E-state index contributed by atoms with van der Waals surface area (Å²) < 4.78 is 31.0. The molecule has 0 radical (unpaired) electrons. The summed E-state index contributed by atoms with van der Waals surface area (Å²) in [6.45, 7) is 2.15. The molecule has 0 fully saturated rings. The number of hydrogen-bond donors (Lipinski definition) is 1. The number of hydrogen-bond acceptors (Lipinski definition) is 6. The molecular weight excluding hydrogens is 414 g/mol. The van der Waals surface area contributed by atoms with E-state index in [1.807, 2.05) is 0 Å². The molecule has 0 bridgehead atoms. The Kier molecular flexibility index (Phi) is 22.6. The van der Waals surface area contributed by atoms with E-state index in [9.17, 15) is 27.7 Å². The molecule has 1 atom stereocenters. The Bertz CT molecular complexity index is 497. The first-order chi connectivity index (χ1) is 11.2. The van der Waals surface area contributed by atoms with Gasteiger partial charge >= 0.3 is 109 Å². The summed E-state index contributed by atoms with van der Waals surface area (Å²) in [5, 5.41) is 19.9. The minimum absolute atomic E-state index is 0. The fourth-order valence-electron chi connectivity index (χ4n) is 2.72. The van der Waals surface area contributed by atoms with Crippen LogP contribution in [0, 0.1) is 0 Å². The molecule has 7 nitrogen and oxygen atoms in total. The summed E-state index contributed by atoms with van der Waals surface area (Å²) in [7, 11) is -5.32. The normalized spacial score (nSPS) is 13.2. The zero-order valence-corrected chi connectivity index (χ0v) is 23.4. The van der Waals surface area contributed by atoms with Crippen LogP contribution in [0.2, 0.25) is 0 Å². The van der Waals surface area contributed by atoms with Crippen LogP contribution in [0.15, 0.2) is 0 Å². The van der Waals surface area contributed by atoms with E-state index in [-0.39, 0.29) is 109 Å². The molecule has 0 aromatic rings. The Morgan fingerprint density at radius 2 is 1.27 bits per heavy atom. The molecule has 0 aliphatic heterocycles. The van der Waals surface area contributed by atoms with Gasteiger partial charge in [-0.1, -0.05) is 71.1 Å². The van der Waals surface area contributed by atoms with Gasteiger partial charge in [-0.05, 0) is 6.42 Å². The van der Waals surface area contributed by atoms with Crippen LogP contribution in [0.5, 0.6) is 0 Å². The summed E-state index contributed by atoms with van der Waals surface area (Å²) in [6, 6.07) is 0. The molecule has 0 aliphatic rings. The average Bonchev–Trinajstić information content (AvgIpc) is 2.46. The maximum Gasteiger partial charge on any atom is 1.00 e. The summed E-state index contributed by atoms with van der Waals surface area (Å²) in [5.41, 5.74) is 0. The number of rotatable bonds is 15. The molecule has 26 heavy (non-hydrogen) atoms. The molecule has 0 amide bonds. The molecule has 10 heteroatoms. The monoisotopic (exact) mass is 442 g/mol. The molecule has 0 rings (SSSR count). The standard InChI is InChI=1S/C16H30O7S.2K/c1-2-3-4-5-6-7-8-9-10-11-12-16(15(19)20,13-14(17)18)24(21,22)23;;/h2-13H2,1H3,(H,17,18)(H,19,20)(H,21,22,23);;/q;2*+1/p-2. The van der Waals surface area contributed by atoms with Crippen molar-refractivity contribution >= 4 is 22.1 Å². The fourth-order valence-corrected chi connectivity index (χ4v) is 3.62. The van der Waals surface area contributed by atoms with Crippen LogP contribution in [0.25, 0.3) is 0 Å². The SMILES string of the molecule is CCCCCCCCCCCCC(CC(=O)O)(C(=O)[O-])S(=O)(=O)[O-].[K+].[K+]. The third-order valence-electron chi connectivity index (χ3n) is 4.22. The quantitative estimate of drug-likeness (QED) is 0.154. The van der Waals surface area contributed by atoms with Crippen molar-refractivity contribution in [3.8, 4) is 0 Å². The van der Waals surface area contributed by atoms with E-state index in [0.717, 1.165) is 25.7 Å². The van der Waals surface area contributed by atoms with Crippen molar-refractivity contribution < 1.29 is 136 Å². The number of unbranched alkanes of at least 4 members (excludes halogenated alkanes) is 9. The predicted molar refractivity (Wildman–Crippen MR) is 86.1 cm³/mol. The maximum atomic E-state index is 11.3. The summed E-state index contributed by atoms with van der Waals surface area (Å²) in [5.74, 6) is -3.78. The zero-order valence-electron chi connectivity index (χ0n) is 16.3. The Morgan fingerprint density at radius 1 is 0.885 bits per heavy atom. The second-order valence-corrected chi connectivity index (χ2v) is 7.93. The molecular formula is C16H28K2O7S. The zero-order chi connectivity index (χ0) is 18.6. The van der Waals surface area contributed by atoms with Gasteiger partial charge in [-0.25, -0.2) is 8.42 Å². The molecule has 0 aliphatic carbocycles. The van der Waals surface area contributed by atoms with E-state index in [1.165, 1.54) is 25.7 Å². The van der Waals surface area contributed by atoms with Crippen LogP contribution >= 0.6 is 0 Å². The van der Waals surface area contributed by atoms with Crippen LogP contribution in [0.1, 0.15) is 84.0 Å². The molecule has 1 N–H and O–H groups in total. The Balaban J connectivity index is -0.00000264. The van der Waals surface area contributed by atoms with Crippen molar-refractivity contribution in [2.24, 2.45) is 0 Å². The Morgan fingerprint density at radius 3 is 1.58 bits per heavy atom. The van der Waals surface area contributed by atoms with Crippen molar-refractivity contribution in [1.29, 1.82) is 0 Å². The van der Waals surface area contributed by atoms with Gasteiger partial charge in [-0.3, -0.25) is 4.79 Å². The summed E-state index contributed by atoms with van der Waals surface area (Å²) >= 11 is 0. The molecule has 1 unspecified atom stereocenters. The molecule has 142 valence electrons. The van der Waals surface area contributed by atoms with Crippen LogP contribution < -0.4 is 108 Å². The number of carbonyl (C=O) groups excluding carboxylic acids is 1. The van der Waals surface area contributed by atoms with E-state index < -0.39 is 39.6 Å². The first-order valence-corrected chi connectivity index (χ1v) is 9.97. The second-order valence-electron chi connectivity index (χ2n) is 6.24. The van der Waals surface area contributed by atoms with E-state index in [1.54, 1.807) is 0 Å². The van der Waals surface area contributed by atoms with Crippen LogP contribution in [-0.4, -0.2) is 34.8 Å². The Hall–Kier alpha value is 2.12. The molecule has 0 aromatic carbocycles. The van der Waals surface area contributed by atoms with Gasteiger partial charge in [0.05, 0.1) is 12.4 Å². The number of carbonyl (C=O) groups is 2. The second kappa shape index (κ2) is 17.9. The van der Waals surface area contributed by atoms with Crippen LogP contribution in [0.3, 0.4) is 0 Å². The average molecular weight is 443 g/mol. The van der Waals surface area contributed by atoms with Gasteiger partial charge in [0.25, 0.3) is 0 Å². The van der Waals surface area contributed by atoms with Crippen molar-refractivity contribution in [2.45, 2.75) is 88.7 Å². The van der Waals surface area contributed by atoms with Crippen molar-refractivity contribution in [3.05, 3.63) is 0 Å². The Labute approximate surface area is 242 Å². The van der Waals surface area contributed by atoms with Gasteiger partial charge in [0.1, 0.15) is 14.9 Å². The number of carboxylic acid groups (broad SMARTS) is 2. The van der Waals surface area contributed by atoms with Gasteiger partial charge in [-0.15, -0.1) is 0 Å².